The zero-order chi connectivity index (χ0) is 22.2. The van der Waals surface area contributed by atoms with Gasteiger partial charge in [0.1, 0.15) is 10.5 Å². The fraction of sp³-hybridized carbons (Fsp3) is 0.391. The van der Waals surface area contributed by atoms with E-state index in [9.17, 15) is 13.2 Å². The molecule has 3 aromatic rings. The summed E-state index contributed by atoms with van der Waals surface area (Å²) in [6.45, 7) is 7.45. The number of aryl methyl sites for hydroxylation is 1. The molecule has 0 radical (unpaired) electrons. The van der Waals surface area contributed by atoms with Crippen LogP contribution in [0.25, 0.3) is 11.0 Å². The van der Waals surface area contributed by atoms with Crippen molar-refractivity contribution < 1.29 is 12.8 Å². The number of nitrogens with zero attached hydrogens (tertiary/aromatic N) is 2. The molecule has 0 bridgehead atoms. The van der Waals surface area contributed by atoms with Crippen LogP contribution in [0.5, 0.6) is 0 Å². The van der Waals surface area contributed by atoms with E-state index in [1.54, 1.807) is 12.1 Å². The molecule has 0 spiro atoms. The largest absolute Gasteiger partial charge is 0.423 e. The molecule has 0 saturated carbocycles. The number of rotatable bonds is 6. The summed E-state index contributed by atoms with van der Waals surface area (Å²) in [7, 11) is -3.47. The lowest BCUT2D eigenvalue weighted by Gasteiger charge is -2.15. The van der Waals surface area contributed by atoms with E-state index in [1.807, 2.05) is 13.0 Å². The predicted molar refractivity (Wildman–Crippen MR) is 123 cm³/mol. The zero-order valence-electron chi connectivity index (χ0n) is 17.9. The van der Waals surface area contributed by atoms with Crippen LogP contribution >= 0.6 is 11.8 Å². The van der Waals surface area contributed by atoms with Gasteiger partial charge < -0.3 is 4.42 Å². The number of thioether (sulfide) groups is 1. The minimum Gasteiger partial charge on any atom is -0.423 e. The minimum atomic E-state index is -3.47. The molecule has 4 rings (SSSR count). The summed E-state index contributed by atoms with van der Waals surface area (Å²) in [4.78, 5) is 16.6. The van der Waals surface area contributed by atoms with Gasteiger partial charge in [0, 0.05) is 36.5 Å². The van der Waals surface area contributed by atoms with E-state index in [-0.39, 0.29) is 10.5 Å². The summed E-state index contributed by atoms with van der Waals surface area (Å²) in [5.41, 5.74) is 3.42. The molecule has 6 nitrogen and oxygen atoms in total. The van der Waals surface area contributed by atoms with Crippen molar-refractivity contribution in [2.45, 2.75) is 55.2 Å². The standard InChI is InChI=1S/C23H26N2O4S2/c1-15(2)19-12-20-17(11-23(26)29-21(20)10-16(19)3)14-30-22-7-6-18(13-24-22)31(27,28)25-8-4-5-9-25/h6-7,10-13,15H,4-5,8-9,14H2,1-3H3. The Kier molecular flexibility index (Phi) is 6.23. The van der Waals surface area contributed by atoms with Crippen molar-refractivity contribution in [2.24, 2.45) is 0 Å². The third-order valence-corrected chi connectivity index (χ3v) is 8.50. The van der Waals surface area contributed by atoms with E-state index in [0.29, 0.717) is 35.4 Å². The average molecular weight is 459 g/mol. The Balaban J connectivity index is 1.58. The maximum atomic E-state index is 12.7. The molecule has 0 unspecified atom stereocenters. The Morgan fingerprint density at radius 3 is 2.55 bits per heavy atom. The van der Waals surface area contributed by atoms with Gasteiger partial charge in [-0.2, -0.15) is 4.31 Å². The summed E-state index contributed by atoms with van der Waals surface area (Å²) >= 11 is 1.47. The predicted octanol–water partition coefficient (Wildman–Crippen LogP) is 4.70. The first-order valence-corrected chi connectivity index (χ1v) is 12.8. The van der Waals surface area contributed by atoms with Crippen molar-refractivity contribution in [2.75, 3.05) is 13.1 Å². The van der Waals surface area contributed by atoms with Crippen LogP contribution in [0.2, 0.25) is 0 Å². The Bertz CT molecular complexity index is 1260. The zero-order valence-corrected chi connectivity index (χ0v) is 19.6. The van der Waals surface area contributed by atoms with E-state index in [2.05, 4.69) is 24.9 Å². The highest BCUT2D eigenvalue weighted by Gasteiger charge is 2.27. The van der Waals surface area contributed by atoms with E-state index in [1.165, 1.54) is 33.9 Å². The van der Waals surface area contributed by atoms with Gasteiger partial charge in [0.25, 0.3) is 0 Å². The maximum absolute atomic E-state index is 12.7. The third kappa shape index (κ3) is 4.56. The monoisotopic (exact) mass is 458 g/mol. The van der Waals surface area contributed by atoms with Gasteiger partial charge in [-0.05, 0) is 66.6 Å². The number of hydrogen-bond donors (Lipinski definition) is 0. The van der Waals surface area contributed by atoms with Crippen LogP contribution in [0, 0.1) is 6.92 Å². The maximum Gasteiger partial charge on any atom is 0.336 e. The van der Waals surface area contributed by atoms with E-state index >= 15 is 0 Å². The van der Waals surface area contributed by atoms with Crippen LogP contribution in [0.15, 0.2) is 55.7 Å². The lowest BCUT2D eigenvalue weighted by Crippen LogP contribution is -2.27. The highest BCUT2D eigenvalue weighted by Crippen LogP contribution is 2.30. The lowest BCUT2D eigenvalue weighted by molar-refractivity contribution is 0.477. The van der Waals surface area contributed by atoms with Gasteiger partial charge >= 0.3 is 5.63 Å². The second kappa shape index (κ2) is 8.76. The second-order valence-corrected chi connectivity index (χ2v) is 11.1. The molecule has 1 aliphatic rings. The van der Waals surface area contributed by atoms with Gasteiger partial charge in [0.05, 0.1) is 5.03 Å². The fourth-order valence-electron chi connectivity index (χ4n) is 3.97. The van der Waals surface area contributed by atoms with Crippen molar-refractivity contribution in [3.8, 4) is 0 Å². The lowest BCUT2D eigenvalue weighted by atomic mass is 9.95. The average Bonchev–Trinajstić information content (AvgIpc) is 3.27. The molecule has 0 atom stereocenters. The Morgan fingerprint density at radius 1 is 1.16 bits per heavy atom. The van der Waals surface area contributed by atoms with Crippen molar-refractivity contribution in [1.29, 1.82) is 0 Å². The molecule has 3 heterocycles. The van der Waals surface area contributed by atoms with Crippen molar-refractivity contribution in [1.82, 2.24) is 9.29 Å². The van der Waals surface area contributed by atoms with Gasteiger partial charge in [0.15, 0.2) is 0 Å². The summed E-state index contributed by atoms with van der Waals surface area (Å²) in [6, 6.07) is 8.90. The first kappa shape index (κ1) is 22.0. The van der Waals surface area contributed by atoms with Crippen molar-refractivity contribution in [3.05, 3.63) is 63.6 Å². The van der Waals surface area contributed by atoms with E-state index in [4.69, 9.17) is 4.42 Å². The molecule has 0 aliphatic carbocycles. The van der Waals surface area contributed by atoms with Crippen LogP contribution in [0.1, 0.15) is 49.3 Å². The Morgan fingerprint density at radius 2 is 1.90 bits per heavy atom. The van der Waals surface area contributed by atoms with E-state index < -0.39 is 10.0 Å². The van der Waals surface area contributed by atoms with Gasteiger partial charge in [-0.3, -0.25) is 0 Å². The van der Waals surface area contributed by atoms with Crippen molar-refractivity contribution >= 4 is 32.8 Å². The molecule has 1 aliphatic heterocycles. The molecular formula is C23H26N2O4S2. The Labute approximate surface area is 186 Å². The smallest absolute Gasteiger partial charge is 0.336 e. The summed E-state index contributed by atoms with van der Waals surface area (Å²) < 4.78 is 32.2. The van der Waals surface area contributed by atoms with Crippen molar-refractivity contribution in [3.63, 3.8) is 0 Å². The molecule has 1 aromatic carbocycles. The minimum absolute atomic E-state index is 0.224. The molecule has 1 saturated heterocycles. The van der Waals surface area contributed by atoms with Crippen LogP contribution < -0.4 is 5.63 Å². The van der Waals surface area contributed by atoms with Crippen LogP contribution in [0.4, 0.5) is 0 Å². The molecule has 0 amide bonds. The van der Waals surface area contributed by atoms with Gasteiger partial charge in [-0.15, -0.1) is 11.8 Å². The topological polar surface area (TPSA) is 80.5 Å². The molecule has 2 aromatic heterocycles. The second-order valence-electron chi connectivity index (χ2n) is 8.18. The highest BCUT2D eigenvalue weighted by molar-refractivity contribution is 7.98. The molecule has 31 heavy (non-hydrogen) atoms. The Hall–Kier alpha value is -2.16. The van der Waals surface area contributed by atoms with Crippen LogP contribution in [-0.2, 0) is 15.8 Å². The number of aromatic nitrogens is 1. The highest BCUT2D eigenvalue weighted by atomic mass is 32.2. The number of pyridine rings is 1. The fourth-order valence-corrected chi connectivity index (χ4v) is 6.26. The third-order valence-electron chi connectivity index (χ3n) is 5.63. The molecule has 8 heteroatoms. The van der Waals surface area contributed by atoms with Gasteiger partial charge in [-0.25, -0.2) is 18.2 Å². The number of fused-ring (bicyclic) bond motifs is 1. The van der Waals surface area contributed by atoms with E-state index in [0.717, 1.165) is 29.4 Å². The molecule has 0 N–H and O–H groups in total. The van der Waals surface area contributed by atoms with Gasteiger partial charge in [-0.1, -0.05) is 13.8 Å². The SMILES string of the molecule is Cc1cc2oc(=O)cc(CSc3ccc(S(=O)(=O)N4CCCC4)cn3)c2cc1C(C)C. The number of sulfonamides is 1. The molecule has 1 fully saturated rings. The molecular weight excluding hydrogens is 432 g/mol. The number of benzene rings is 1. The quantitative estimate of drug-likeness (QED) is 0.394. The number of hydrogen-bond acceptors (Lipinski definition) is 6. The summed E-state index contributed by atoms with van der Waals surface area (Å²) in [6.07, 6.45) is 3.23. The molecule has 164 valence electrons. The summed E-state index contributed by atoms with van der Waals surface area (Å²) in [5.74, 6) is 0.900. The van der Waals surface area contributed by atoms with Crippen LogP contribution in [0.3, 0.4) is 0 Å². The van der Waals surface area contributed by atoms with Crippen LogP contribution in [-0.4, -0.2) is 30.8 Å². The first-order chi connectivity index (χ1) is 14.8. The normalized spacial score (nSPS) is 15.2. The summed E-state index contributed by atoms with van der Waals surface area (Å²) in [5, 5.41) is 1.63. The van der Waals surface area contributed by atoms with Gasteiger partial charge in [0.2, 0.25) is 10.0 Å². The first-order valence-electron chi connectivity index (χ1n) is 10.4.